The minimum Gasteiger partial charge on any atom is -0.371 e. The molecule has 3 aliphatic rings. The zero-order chi connectivity index (χ0) is 27.3. The quantitative estimate of drug-likeness (QED) is 0.421. The molecule has 206 valence electrons. The Balaban J connectivity index is 1.12. The first-order chi connectivity index (χ1) is 18.7. The summed E-state index contributed by atoms with van der Waals surface area (Å²) in [5, 5.41) is 7.99. The molecule has 8 nitrogen and oxygen atoms in total. The van der Waals surface area contributed by atoms with Crippen molar-refractivity contribution in [1.29, 1.82) is 0 Å². The van der Waals surface area contributed by atoms with Crippen molar-refractivity contribution in [3.63, 3.8) is 0 Å². The number of alkyl halides is 3. The van der Waals surface area contributed by atoms with Gasteiger partial charge in [-0.25, -0.2) is 0 Å². The summed E-state index contributed by atoms with van der Waals surface area (Å²) in [6, 6.07) is 7.72. The number of rotatable bonds is 6. The minimum atomic E-state index is -4.57. The Bertz CT molecular complexity index is 1420. The highest BCUT2D eigenvalue weighted by atomic mass is 19.4. The van der Waals surface area contributed by atoms with Gasteiger partial charge in [-0.1, -0.05) is 25.8 Å². The number of ketones is 1. The van der Waals surface area contributed by atoms with Gasteiger partial charge >= 0.3 is 6.18 Å². The van der Waals surface area contributed by atoms with Crippen LogP contribution in [0.2, 0.25) is 0 Å². The lowest BCUT2D eigenvalue weighted by atomic mass is 9.85. The number of hydrogen-bond acceptors (Lipinski definition) is 6. The third-order valence-corrected chi connectivity index (χ3v) is 8.40. The second-order valence-corrected chi connectivity index (χ2v) is 11.1. The van der Waals surface area contributed by atoms with Crippen molar-refractivity contribution < 1.29 is 22.8 Å². The third-order valence-electron chi connectivity index (χ3n) is 8.40. The van der Waals surface area contributed by atoms with Crippen LogP contribution in [0.5, 0.6) is 0 Å². The fourth-order valence-corrected chi connectivity index (χ4v) is 5.99. The number of piperidine rings is 1. The zero-order valence-corrected chi connectivity index (χ0v) is 21.8. The van der Waals surface area contributed by atoms with Crippen LogP contribution in [-0.2, 0) is 24.1 Å². The molecular weight excluding hydrogens is 509 g/mol. The van der Waals surface area contributed by atoms with Gasteiger partial charge in [0.2, 0.25) is 11.7 Å². The van der Waals surface area contributed by atoms with E-state index in [0.717, 1.165) is 27.6 Å². The molecule has 1 saturated heterocycles. The molecule has 3 aromatic rings. The van der Waals surface area contributed by atoms with Crippen molar-refractivity contribution in [2.24, 2.45) is 17.8 Å². The summed E-state index contributed by atoms with van der Waals surface area (Å²) in [6.45, 7) is 3.65. The van der Waals surface area contributed by atoms with E-state index >= 15 is 0 Å². The molecule has 0 spiro atoms. The molecule has 0 radical (unpaired) electrons. The number of nitrogens with zero attached hydrogens (tertiary/aromatic N) is 6. The molecule has 0 unspecified atom stereocenters. The smallest absolute Gasteiger partial charge is 0.371 e. The van der Waals surface area contributed by atoms with E-state index in [2.05, 4.69) is 20.1 Å². The van der Waals surface area contributed by atoms with E-state index in [-0.39, 0.29) is 49.0 Å². The standard InChI is InChI=1S/C28H31F3N6O2/c1-17-15-35(23-8-10-32-22-14-19(5-6-21(22)23)24(38)7-4-18-2-3-18)11-9-20(17)26(39)36-12-13-37-25(16-36)33-34-27(37)28(29,30)31/h5-6,8,10,14,17-18,20H,2-4,7,9,11-13,15-16H2,1H3/t17-,20+/m1/s1. The van der Waals surface area contributed by atoms with E-state index in [4.69, 9.17) is 0 Å². The summed E-state index contributed by atoms with van der Waals surface area (Å²) in [5.74, 6) is -0.183. The lowest BCUT2D eigenvalue weighted by Crippen LogP contribution is -2.49. The lowest BCUT2D eigenvalue weighted by molar-refractivity contribution is -0.148. The molecule has 2 aromatic heterocycles. The normalized spacial score (nSPS) is 21.7. The van der Waals surface area contributed by atoms with Crippen LogP contribution in [-0.4, -0.2) is 56.0 Å². The number of aromatic nitrogens is 4. The first-order valence-corrected chi connectivity index (χ1v) is 13.6. The van der Waals surface area contributed by atoms with Crippen LogP contribution in [0.25, 0.3) is 10.9 Å². The van der Waals surface area contributed by atoms with Gasteiger partial charge in [-0.05, 0) is 42.9 Å². The molecule has 6 rings (SSSR count). The van der Waals surface area contributed by atoms with Crippen LogP contribution in [0.4, 0.5) is 18.9 Å². The summed E-state index contributed by atoms with van der Waals surface area (Å²) < 4.78 is 40.6. The number of pyridine rings is 1. The van der Waals surface area contributed by atoms with Gasteiger partial charge in [0.25, 0.3) is 0 Å². The summed E-state index contributed by atoms with van der Waals surface area (Å²) in [7, 11) is 0. The Morgan fingerprint density at radius 2 is 1.87 bits per heavy atom. The molecule has 11 heteroatoms. The zero-order valence-electron chi connectivity index (χ0n) is 21.8. The van der Waals surface area contributed by atoms with Crippen molar-refractivity contribution in [1.82, 2.24) is 24.6 Å². The molecule has 1 amide bonds. The molecule has 0 N–H and O–H groups in total. The maximum Gasteiger partial charge on any atom is 0.451 e. The highest BCUT2D eigenvalue weighted by Crippen LogP contribution is 2.36. The number of fused-ring (bicyclic) bond motifs is 2. The second-order valence-electron chi connectivity index (χ2n) is 11.1. The molecule has 1 saturated carbocycles. The lowest BCUT2D eigenvalue weighted by Gasteiger charge is -2.40. The Kier molecular flexibility index (Phi) is 6.55. The Hall–Kier alpha value is -3.50. The van der Waals surface area contributed by atoms with Crippen molar-refractivity contribution in [2.45, 2.75) is 58.3 Å². The van der Waals surface area contributed by atoms with E-state index < -0.39 is 12.0 Å². The Morgan fingerprint density at radius 3 is 2.62 bits per heavy atom. The maximum atomic E-state index is 13.4. The van der Waals surface area contributed by atoms with E-state index in [1.165, 1.54) is 12.8 Å². The van der Waals surface area contributed by atoms with E-state index in [9.17, 15) is 22.8 Å². The minimum absolute atomic E-state index is 0.0320. The third kappa shape index (κ3) is 5.10. The van der Waals surface area contributed by atoms with E-state index in [0.29, 0.717) is 37.4 Å². The average molecular weight is 541 g/mol. The van der Waals surface area contributed by atoms with Gasteiger partial charge in [-0.2, -0.15) is 13.2 Å². The summed E-state index contributed by atoms with van der Waals surface area (Å²) in [5.41, 5.74) is 2.51. The Morgan fingerprint density at radius 1 is 1.05 bits per heavy atom. The van der Waals surface area contributed by atoms with Crippen molar-refractivity contribution >= 4 is 28.3 Å². The van der Waals surface area contributed by atoms with Crippen LogP contribution in [0.15, 0.2) is 30.5 Å². The van der Waals surface area contributed by atoms with Crippen LogP contribution >= 0.6 is 0 Å². The second kappa shape index (κ2) is 9.91. The molecule has 2 fully saturated rings. The Labute approximate surface area is 224 Å². The fourth-order valence-electron chi connectivity index (χ4n) is 5.99. The molecule has 1 aromatic carbocycles. The largest absolute Gasteiger partial charge is 0.451 e. The molecular formula is C28H31F3N6O2. The van der Waals surface area contributed by atoms with Crippen LogP contribution in [0.3, 0.4) is 0 Å². The number of carbonyl (C=O) groups excluding carboxylic acids is 2. The van der Waals surface area contributed by atoms with Gasteiger partial charge < -0.3 is 14.4 Å². The molecule has 2 aliphatic heterocycles. The molecule has 1 aliphatic carbocycles. The van der Waals surface area contributed by atoms with Crippen molar-refractivity contribution in [3.8, 4) is 0 Å². The van der Waals surface area contributed by atoms with Gasteiger partial charge in [0.1, 0.15) is 0 Å². The number of carbonyl (C=O) groups is 2. The molecule has 39 heavy (non-hydrogen) atoms. The number of Topliss-reactive ketones (excluding diaryl/α,β-unsaturated/α-hetero) is 1. The van der Waals surface area contributed by atoms with Gasteiger partial charge in [0.15, 0.2) is 11.6 Å². The van der Waals surface area contributed by atoms with Gasteiger partial charge in [0, 0.05) is 61.4 Å². The van der Waals surface area contributed by atoms with Gasteiger partial charge in [-0.3, -0.25) is 14.6 Å². The highest BCUT2D eigenvalue weighted by Gasteiger charge is 2.41. The summed E-state index contributed by atoms with van der Waals surface area (Å²) in [4.78, 5) is 34.5. The molecule has 0 bridgehead atoms. The maximum absolute atomic E-state index is 13.4. The number of amides is 1. The SMILES string of the molecule is C[C@@H]1CN(c2ccnc3cc(C(=O)CCC4CC4)ccc23)CC[C@@H]1C(=O)N1CCn2c(nnc2C(F)(F)F)C1. The molecule has 2 atom stereocenters. The molecule has 4 heterocycles. The van der Waals surface area contributed by atoms with Crippen molar-refractivity contribution in [2.75, 3.05) is 24.5 Å². The predicted molar refractivity (Wildman–Crippen MR) is 138 cm³/mol. The van der Waals surface area contributed by atoms with Crippen LogP contribution in [0, 0.1) is 17.8 Å². The van der Waals surface area contributed by atoms with E-state index in [1.54, 1.807) is 11.1 Å². The fraction of sp³-hybridized carbons (Fsp3) is 0.536. The highest BCUT2D eigenvalue weighted by molar-refractivity contribution is 6.01. The summed E-state index contributed by atoms with van der Waals surface area (Å²) >= 11 is 0. The van der Waals surface area contributed by atoms with Gasteiger partial charge in [-0.15, -0.1) is 10.2 Å². The number of hydrogen-bond donors (Lipinski definition) is 0. The van der Waals surface area contributed by atoms with Gasteiger partial charge in [0.05, 0.1) is 12.1 Å². The number of anilines is 1. The first-order valence-electron chi connectivity index (χ1n) is 13.6. The average Bonchev–Trinajstić information content (AvgIpc) is 3.65. The topological polar surface area (TPSA) is 84.2 Å². The van der Waals surface area contributed by atoms with E-state index in [1.807, 2.05) is 31.2 Å². The number of halogens is 3. The van der Waals surface area contributed by atoms with Crippen molar-refractivity contribution in [3.05, 3.63) is 47.7 Å². The monoisotopic (exact) mass is 540 g/mol. The summed E-state index contributed by atoms with van der Waals surface area (Å²) in [6.07, 6.45) is 1.84. The predicted octanol–water partition coefficient (Wildman–Crippen LogP) is 4.72. The van der Waals surface area contributed by atoms with Crippen LogP contribution < -0.4 is 4.90 Å². The first kappa shape index (κ1) is 25.8. The number of benzene rings is 1. The van der Waals surface area contributed by atoms with Crippen LogP contribution in [0.1, 0.15) is 61.0 Å².